The molecule has 112 valence electrons. The Morgan fingerprint density at radius 2 is 1.95 bits per heavy atom. The number of nitrogens with two attached hydrogens (primary N) is 1. The summed E-state index contributed by atoms with van der Waals surface area (Å²) in [5.41, 5.74) is 1.81. The maximum atomic E-state index is 13.0. The zero-order valence-electron chi connectivity index (χ0n) is 11.1. The van der Waals surface area contributed by atoms with Crippen LogP contribution in [-0.4, -0.2) is 17.1 Å². The number of hydrazine groups is 1. The third-order valence-electron chi connectivity index (χ3n) is 2.69. The van der Waals surface area contributed by atoms with Crippen molar-refractivity contribution in [1.82, 2.24) is 9.97 Å². The summed E-state index contributed by atoms with van der Waals surface area (Å²) in [6.45, 7) is 0.137. The van der Waals surface area contributed by atoms with Crippen LogP contribution in [0.3, 0.4) is 0 Å². The average molecular weight is 298 g/mol. The first-order valence-electron chi connectivity index (χ1n) is 5.96. The zero-order valence-corrected chi connectivity index (χ0v) is 11.1. The van der Waals surface area contributed by atoms with Crippen LogP contribution in [-0.2, 0) is 17.5 Å². The number of hydrogen-bond donors (Lipinski definition) is 2. The Morgan fingerprint density at radius 1 is 1.24 bits per heavy atom. The number of methoxy groups -OCH3 is 1. The lowest BCUT2D eigenvalue weighted by Gasteiger charge is -2.13. The van der Waals surface area contributed by atoms with E-state index in [1.54, 1.807) is 0 Å². The SMILES string of the molecule is COCc1cc(NN)nc(-c2ccccc2C(F)(F)F)n1. The molecule has 0 aliphatic heterocycles. The highest BCUT2D eigenvalue weighted by atomic mass is 19.4. The van der Waals surface area contributed by atoms with Gasteiger partial charge in [-0.3, -0.25) is 0 Å². The second-order valence-corrected chi connectivity index (χ2v) is 4.19. The lowest BCUT2D eigenvalue weighted by molar-refractivity contribution is -0.137. The van der Waals surface area contributed by atoms with Crippen LogP contribution < -0.4 is 11.3 Å². The highest BCUT2D eigenvalue weighted by Crippen LogP contribution is 2.36. The molecule has 1 aromatic heterocycles. The summed E-state index contributed by atoms with van der Waals surface area (Å²) in [4.78, 5) is 8.06. The Kier molecular flexibility index (Phi) is 4.39. The van der Waals surface area contributed by atoms with Crippen LogP contribution in [0.2, 0.25) is 0 Å². The van der Waals surface area contributed by atoms with E-state index >= 15 is 0 Å². The third kappa shape index (κ3) is 3.47. The lowest BCUT2D eigenvalue weighted by Crippen LogP contribution is -2.12. The van der Waals surface area contributed by atoms with E-state index in [2.05, 4.69) is 15.4 Å². The summed E-state index contributed by atoms with van der Waals surface area (Å²) < 4.78 is 44.1. The minimum Gasteiger partial charge on any atom is -0.378 e. The molecule has 3 N–H and O–H groups in total. The van der Waals surface area contributed by atoms with Crippen molar-refractivity contribution >= 4 is 5.82 Å². The molecule has 0 aliphatic rings. The van der Waals surface area contributed by atoms with Gasteiger partial charge >= 0.3 is 6.18 Å². The fourth-order valence-electron chi connectivity index (χ4n) is 1.84. The van der Waals surface area contributed by atoms with E-state index in [4.69, 9.17) is 10.6 Å². The standard InChI is InChI=1S/C13H13F3N4O/c1-21-7-8-6-11(20-17)19-12(18-8)9-4-2-3-5-10(9)13(14,15)16/h2-6H,7,17H2,1H3,(H,18,19,20). The van der Waals surface area contributed by atoms with Crippen LogP contribution in [0, 0.1) is 0 Å². The lowest BCUT2D eigenvalue weighted by atomic mass is 10.1. The van der Waals surface area contributed by atoms with Crippen LogP contribution in [0.5, 0.6) is 0 Å². The van der Waals surface area contributed by atoms with Gasteiger partial charge in [-0.25, -0.2) is 15.8 Å². The molecule has 0 unspecified atom stereocenters. The molecule has 0 amide bonds. The molecule has 21 heavy (non-hydrogen) atoms. The molecule has 0 radical (unpaired) electrons. The van der Waals surface area contributed by atoms with Gasteiger partial charge in [0.15, 0.2) is 5.82 Å². The third-order valence-corrected chi connectivity index (χ3v) is 2.69. The molecule has 0 saturated heterocycles. The van der Waals surface area contributed by atoms with Gasteiger partial charge in [0.25, 0.3) is 0 Å². The molecular formula is C13H13F3N4O. The van der Waals surface area contributed by atoms with E-state index in [0.29, 0.717) is 5.69 Å². The molecule has 1 aromatic carbocycles. The summed E-state index contributed by atoms with van der Waals surface area (Å²) in [6, 6.07) is 6.61. The second kappa shape index (κ2) is 6.06. The Morgan fingerprint density at radius 3 is 2.57 bits per heavy atom. The van der Waals surface area contributed by atoms with Crippen molar-refractivity contribution in [3.63, 3.8) is 0 Å². The second-order valence-electron chi connectivity index (χ2n) is 4.19. The van der Waals surface area contributed by atoms with Crippen LogP contribution in [0.25, 0.3) is 11.4 Å². The topological polar surface area (TPSA) is 73.1 Å². The number of ether oxygens (including phenoxy) is 1. The van der Waals surface area contributed by atoms with E-state index in [-0.39, 0.29) is 23.8 Å². The predicted molar refractivity (Wildman–Crippen MR) is 71.0 cm³/mol. The van der Waals surface area contributed by atoms with Crippen molar-refractivity contribution < 1.29 is 17.9 Å². The zero-order chi connectivity index (χ0) is 15.5. The van der Waals surface area contributed by atoms with Gasteiger partial charge in [-0.05, 0) is 6.07 Å². The smallest absolute Gasteiger partial charge is 0.378 e. The van der Waals surface area contributed by atoms with Gasteiger partial charge < -0.3 is 10.2 Å². The number of aromatic nitrogens is 2. The minimum absolute atomic E-state index is 0.0644. The van der Waals surface area contributed by atoms with Crippen molar-refractivity contribution in [1.29, 1.82) is 0 Å². The molecule has 0 bridgehead atoms. The minimum atomic E-state index is -4.49. The van der Waals surface area contributed by atoms with Crippen molar-refractivity contribution in [2.75, 3.05) is 12.5 Å². The fraction of sp³-hybridized carbons (Fsp3) is 0.231. The first-order valence-corrected chi connectivity index (χ1v) is 5.96. The van der Waals surface area contributed by atoms with E-state index in [1.165, 1.54) is 31.4 Å². The molecule has 0 saturated carbocycles. The van der Waals surface area contributed by atoms with Crippen molar-refractivity contribution in [3.05, 3.63) is 41.6 Å². The molecule has 5 nitrogen and oxygen atoms in total. The number of rotatable bonds is 4. The summed E-state index contributed by atoms with van der Waals surface area (Å²) in [6.07, 6.45) is -4.49. The predicted octanol–water partition coefficient (Wildman–Crippen LogP) is 2.59. The Bertz CT molecular complexity index is 631. The number of halogens is 3. The number of benzene rings is 1. The van der Waals surface area contributed by atoms with Crippen molar-refractivity contribution in [2.24, 2.45) is 5.84 Å². The number of anilines is 1. The van der Waals surface area contributed by atoms with Crippen molar-refractivity contribution in [3.8, 4) is 11.4 Å². The normalized spacial score (nSPS) is 11.5. The van der Waals surface area contributed by atoms with E-state index in [9.17, 15) is 13.2 Å². The molecule has 0 atom stereocenters. The number of hydrogen-bond acceptors (Lipinski definition) is 5. The average Bonchev–Trinajstić information content (AvgIpc) is 2.46. The van der Waals surface area contributed by atoms with Crippen LogP contribution in [0.4, 0.5) is 19.0 Å². The van der Waals surface area contributed by atoms with Gasteiger partial charge in [0.05, 0.1) is 17.9 Å². The molecule has 0 aliphatic carbocycles. The van der Waals surface area contributed by atoms with Crippen LogP contribution >= 0.6 is 0 Å². The fourth-order valence-corrected chi connectivity index (χ4v) is 1.84. The Hall–Kier alpha value is -2.19. The quantitative estimate of drug-likeness (QED) is 0.670. The summed E-state index contributed by atoms with van der Waals surface area (Å²) in [7, 11) is 1.46. The first-order chi connectivity index (χ1) is 9.95. The first kappa shape index (κ1) is 15.2. The van der Waals surface area contributed by atoms with Gasteiger partial charge in [-0.1, -0.05) is 18.2 Å². The summed E-state index contributed by atoms with van der Waals surface area (Å²) in [5, 5.41) is 0. The van der Waals surface area contributed by atoms with Gasteiger partial charge in [0.1, 0.15) is 5.82 Å². The van der Waals surface area contributed by atoms with Crippen LogP contribution in [0.15, 0.2) is 30.3 Å². The van der Waals surface area contributed by atoms with Gasteiger partial charge in [0, 0.05) is 18.7 Å². The Labute approximate surface area is 118 Å². The number of nitrogens with zero attached hydrogens (tertiary/aromatic N) is 2. The molecule has 0 spiro atoms. The summed E-state index contributed by atoms with van der Waals surface area (Å²) in [5.74, 6) is 5.43. The maximum absolute atomic E-state index is 13.0. The molecule has 1 heterocycles. The number of alkyl halides is 3. The maximum Gasteiger partial charge on any atom is 0.417 e. The molecule has 2 aromatic rings. The molecule has 8 heteroatoms. The van der Waals surface area contributed by atoms with E-state index < -0.39 is 11.7 Å². The van der Waals surface area contributed by atoms with E-state index in [1.807, 2.05) is 0 Å². The molecular weight excluding hydrogens is 285 g/mol. The molecule has 0 fully saturated rings. The van der Waals surface area contributed by atoms with Gasteiger partial charge in [-0.15, -0.1) is 0 Å². The van der Waals surface area contributed by atoms with Gasteiger partial charge in [-0.2, -0.15) is 13.2 Å². The monoisotopic (exact) mass is 298 g/mol. The number of nitrogen functional groups attached to an aromatic ring is 1. The number of nitrogens with one attached hydrogen (secondary N) is 1. The van der Waals surface area contributed by atoms with Crippen molar-refractivity contribution in [2.45, 2.75) is 12.8 Å². The van der Waals surface area contributed by atoms with Gasteiger partial charge in [0.2, 0.25) is 0 Å². The van der Waals surface area contributed by atoms with E-state index in [0.717, 1.165) is 6.07 Å². The molecule has 2 rings (SSSR count). The summed E-state index contributed by atoms with van der Waals surface area (Å²) >= 11 is 0. The highest BCUT2D eigenvalue weighted by molar-refractivity contribution is 5.62. The Balaban J connectivity index is 2.59. The van der Waals surface area contributed by atoms with Crippen LogP contribution in [0.1, 0.15) is 11.3 Å². The largest absolute Gasteiger partial charge is 0.417 e. The highest BCUT2D eigenvalue weighted by Gasteiger charge is 2.34.